The normalized spacial score (nSPS) is 21.1. The Morgan fingerprint density at radius 3 is 2.74 bits per heavy atom. The smallest absolute Gasteiger partial charge is 0.254 e. The first-order chi connectivity index (χ1) is 15.1. The van der Waals surface area contributed by atoms with Crippen molar-refractivity contribution in [1.29, 1.82) is 0 Å². The third kappa shape index (κ3) is 4.77. The molecule has 0 bridgehead atoms. The van der Waals surface area contributed by atoms with Crippen LogP contribution in [-0.4, -0.2) is 29.8 Å². The Morgan fingerprint density at radius 1 is 1.19 bits per heavy atom. The quantitative estimate of drug-likeness (QED) is 0.567. The topological polar surface area (TPSA) is 49.4 Å². The van der Waals surface area contributed by atoms with Gasteiger partial charge in [-0.3, -0.25) is 9.59 Å². The van der Waals surface area contributed by atoms with E-state index in [1.54, 1.807) is 11.3 Å². The summed E-state index contributed by atoms with van der Waals surface area (Å²) in [7, 11) is 0. The Labute approximate surface area is 189 Å². The summed E-state index contributed by atoms with van der Waals surface area (Å²) in [6.45, 7) is 5.52. The Bertz CT molecular complexity index is 948. The molecule has 31 heavy (non-hydrogen) atoms. The second kappa shape index (κ2) is 9.82. The van der Waals surface area contributed by atoms with Crippen molar-refractivity contribution in [2.45, 2.75) is 57.9 Å². The number of carbonyl (C=O) groups excluding carboxylic acids is 2. The van der Waals surface area contributed by atoms with Crippen LogP contribution in [0.2, 0.25) is 0 Å². The van der Waals surface area contributed by atoms with Crippen molar-refractivity contribution < 1.29 is 9.59 Å². The van der Waals surface area contributed by atoms with Crippen LogP contribution < -0.4 is 5.32 Å². The molecule has 1 aromatic carbocycles. The maximum absolute atomic E-state index is 13.6. The summed E-state index contributed by atoms with van der Waals surface area (Å²) in [5.74, 6) is -0.0344. The van der Waals surface area contributed by atoms with E-state index < -0.39 is 5.92 Å². The van der Waals surface area contributed by atoms with Crippen LogP contribution in [0.15, 0.2) is 53.4 Å². The van der Waals surface area contributed by atoms with E-state index in [0.717, 1.165) is 29.7 Å². The fraction of sp³-hybridized carbons (Fsp3) is 0.462. The molecule has 1 aromatic heterocycles. The highest BCUT2D eigenvalue weighted by Gasteiger charge is 2.44. The maximum Gasteiger partial charge on any atom is 0.254 e. The third-order valence-corrected chi connectivity index (χ3v) is 7.19. The zero-order chi connectivity index (χ0) is 21.8. The largest absolute Gasteiger partial charge is 0.355 e. The number of fused-ring (bicyclic) bond motifs is 1. The molecule has 164 valence electrons. The van der Waals surface area contributed by atoms with Crippen molar-refractivity contribution in [3.05, 3.63) is 69.4 Å². The molecule has 4 nitrogen and oxygen atoms in total. The number of thiophene rings is 1. The molecular formula is C26H32N2O2S. The van der Waals surface area contributed by atoms with Gasteiger partial charge in [0.05, 0.1) is 12.0 Å². The molecule has 2 amide bonds. The molecule has 0 spiro atoms. The summed E-state index contributed by atoms with van der Waals surface area (Å²) in [4.78, 5) is 30.0. The molecular weight excluding hydrogens is 404 g/mol. The van der Waals surface area contributed by atoms with Gasteiger partial charge in [0, 0.05) is 23.5 Å². The van der Waals surface area contributed by atoms with E-state index in [0.29, 0.717) is 24.6 Å². The average Bonchev–Trinajstić information content (AvgIpc) is 3.30. The fourth-order valence-corrected chi connectivity index (χ4v) is 5.71. The van der Waals surface area contributed by atoms with Crippen LogP contribution in [0.3, 0.4) is 0 Å². The number of nitrogens with one attached hydrogen (secondary N) is 1. The number of nitrogens with zero attached hydrogens (tertiary/aromatic N) is 1. The van der Waals surface area contributed by atoms with E-state index in [1.165, 1.54) is 18.4 Å². The number of rotatable bonds is 7. The van der Waals surface area contributed by atoms with Crippen molar-refractivity contribution in [2.75, 3.05) is 13.1 Å². The highest BCUT2D eigenvalue weighted by atomic mass is 32.1. The molecule has 0 fully saturated rings. The van der Waals surface area contributed by atoms with Gasteiger partial charge in [-0.1, -0.05) is 49.8 Å². The van der Waals surface area contributed by atoms with E-state index >= 15 is 0 Å². The van der Waals surface area contributed by atoms with Crippen LogP contribution in [0.4, 0.5) is 0 Å². The van der Waals surface area contributed by atoms with Gasteiger partial charge in [-0.2, -0.15) is 0 Å². The number of carbonyl (C=O) groups is 2. The number of hydrogen-bond donors (Lipinski definition) is 1. The summed E-state index contributed by atoms with van der Waals surface area (Å²) in [6, 6.07) is 11.4. The number of benzene rings is 1. The first-order valence-corrected chi connectivity index (χ1v) is 12.3. The lowest BCUT2D eigenvalue weighted by molar-refractivity contribution is -0.124. The van der Waals surface area contributed by atoms with E-state index in [9.17, 15) is 9.59 Å². The first kappa shape index (κ1) is 21.8. The van der Waals surface area contributed by atoms with E-state index in [1.807, 2.05) is 40.6 Å². The zero-order valence-electron chi connectivity index (χ0n) is 18.5. The monoisotopic (exact) mass is 436 g/mol. The molecule has 0 radical (unpaired) electrons. The molecule has 1 aliphatic heterocycles. The molecule has 1 N–H and O–H groups in total. The predicted molar refractivity (Wildman–Crippen MR) is 126 cm³/mol. The minimum Gasteiger partial charge on any atom is -0.355 e. The second-order valence-corrected chi connectivity index (χ2v) is 10.0. The lowest BCUT2D eigenvalue weighted by atomic mass is 9.81. The molecule has 4 rings (SSSR count). The van der Waals surface area contributed by atoms with Crippen molar-refractivity contribution in [2.24, 2.45) is 5.92 Å². The Morgan fingerprint density at radius 2 is 2.03 bits per heavy atom. The van der Waals surface area contributed by atoms with Gasteiger partial charge in [-0.25, -0.2) is 0 Å². The molecule has 0 saturated heterocycles. The Kier molecular flexibility index (Phi) is 6.91. The van der Waals surface area contributed by atoms with E-state index in [4.69, 9.17) is 0 Å². The molecule has 2 aromatic rings. The van der Waals surface area contributed by atoms with Crippen molar-refractivity contribution >= 4 is 23.2 Å². The number of amides is 2. The van der Waals surface area contributed by atoms with Gasteiger partial charge < -0.3 is 10.2 Å². The zero-order valence-corrected chi connectivity index (χ0v) is 19.3. The molecule has 2 atom stereocenters. The molecule has 0 unspecified atom stereocenters. The van der Waals surface area contributed by atoms with E-state index in [2.05, 4.69) is 31.3 Å². The van der Waals surface area contributed by atoms with E-state index in [-0.39, 0.29) is 17.9 Å². The highest BCUT2D eigenvalue weighted by Crippen LogP contribution is 2.44. The fourth-order valence-electron chi connectivity index (χ4n) is 4.83. The van der Waals surface area contributed by atoms with Crippen LogP contribution in [0.25, 0.3) is 0 Å². The lowest BCUT2D eigenvalue weighted by Gasteiger charge is -2.42. The Hall–Kier alpha value is -2.40. The highest BCUT2D eigenvalue weighted by molar-refractivity contribution is 7.10. The summed E-state index contributed by atoms with van der Waals surface area (Å²) >= 11 is 1.62. The molecule has 1 aliphatic carbocycles. The predicted octanol–water partition coefficient (Wildman–Crippen LogP) is 5.69. The van der Waals surface area contributed by atoms with Crippen molar-refractivity contribution in [3.63, 3.8) is 0 Å². The first-order valence-electron chi connectivity index (χ1n) is 11.4. The van der Waals surface area contributed by atoms with Gasteiger partial charge in [-0.15, -0.1) is 11.3 Å². The summed E-state index contributed by atoms with van der Waals surface area (Å²) < 4.78 is 0. The van der Waals surface area contributed by atoms with Crippen molar-refractivity contribution in [1.82, 2.24) is 10.2 Å². The second-order valence-electron chi connectivity index (χ2n) is 9.03. The number of hydrogen-bond acceptors (Lipinski definition) is 3. The SMILES string of the molecule is CC(C)CN1C(=O)c2ccccc2[C@H](C(=O)NCCC2=CCCCC2)[C@H]1c1cccs1. The minimum absolute atomic E-state index is 0.0171. The van der Waals surface area contributed by atoms with Gasteiger partial charge in [0.1, 0.15) is 0 Å². The molecule has 2 heterocycles. The molecule has 5 heteroatoms. The van der Waals surface area contributed by atoms with Crippen LogP contribution >= 0.6 is 11.3 Å². The summed E-state index contributed by atoms with van der Waals surface area (Å²) in [5.41, 5.74) is 2.97. The Balaban J connectivity index is 1.64. The summed E-state index contributed by atoms with van der Waals surface area (Å²) in [6.07, 6.45) is 8.09. The lowest BCUT2D eigenvalue weighted by Crippen LogP contribution is -2.48. The average molecular weight is 437 g/mol. The molecule has 2 aliphatic rings. The van der Waals surface area contributed by atoms with Crippen LogP contribution in [0.5, 0.6) is 0 Å². The van der Waals surface area contributed by atoms with Crippen LogP contribution in [-0.2, 0) is 4.79 Å². The van der Waals surface area contributed by atoms with Gasteiger partial charge in [0.25, 0.3) is 5.91 Å². The van der Waals surface area contributed by atoms with Gasteiger partial charge in [0.15, 0.2) is 0 Å². The standard InChI is InChI=1S/C26H32N2O2S/c1-18(2)17-28-24(22-13-8-16-31-22)23(20-11-6-7-12-21(20)26(28)30)25(29)27-15-14-19-9-4-3-5-10-19/h6-9,11-13,16,18,23-24H,3-5,10,14-15,17H2,1-2H3,(H,27,29)/t23-,24+/m0/s1. The maximum atomic E-state index is 13.6. The third-order valence-electron chi connectivity index (χ3n) is 6.25. The van der Waals surface area contributed by atoms with Crippen molar-refractivity contribution in [3.8, 4) is 0 Å². The number of allylic oxidation sites excluding steroid dienone is 1. The van der Waals surface area contributed by atoms with Crippen LogP contribution in [0, 0.1) is 5.92 Å². The van der Waals surface area contributed by atoms with Crippen LogP contribution in [0.1, 0.15) is 78.7 Å². The summed E-state index contributed by atoms with van der Waals surface area (Å²) in [5, 5.41) is 5.23. The minimum atomic E-state index is -0.397. The molecule has 0 saturated carbocycles. The van der Waals surface area contributed by atoms with Gasteiger partial charge >= 0.3 is 0 Å². The van der Waals surface area contributed by atoms with Gasteiger partial charge in [-0.05, 0) is 61.1 Å². The van der Waals surface area contributed by atoms with Gasteiger partial charge in [0.2, 0.25) is 5.91 Å².